The number of aromatic nitrogens is 2. The number of aliphatic carboxylic acids is 1. The van der Waals surface area contributed by atoms with Gasteiger partial charge in [-0.25, -0.2) is 4.98 Å². The number of carboxylic acid groups (broad SMARTS) is 1. The van der Waals surface area contributed by atoms with Crippen molar-refractivity contribution in [1.29, 1.82) is 0 Å². The van der Waals surface area contributed by atoms with Gasteiger partial charge in [0.2, 0.25) is 5.95 Å². The molecule has 0 radical (unpaired) electrons. The van der Waals surface area contributed by atoms with Crippen LogP contribution in [0.2, 0.25) is 0 Å². The quantitative estimate of drug-likeness (QED) is 0.883. The van der Waals surface area contributed by atoms with E-state index in [2.05, 4.69) is 14.9 Å². The topological polar surface area (TPSA) is 69.6 Å². The van der Waals surface area contributed by atoms with Crippen LogP contribution in [0.3, 0.4) is 0 Å². The predicted octanol–water partition coefficient (Wildman–Crippen LogP) is 1.15. The zero-order valence-electron chi connectivity index (χ0n) is 11.6. The summed E-state index contributed by atoms with van der Waals surface area (Å²) in [7, 11) is 3.89. The Morgan fingerprint density at radius 3 is 2.53 bits per heavy atom. The van der Waals surface area contributed by atoms with Crippen molar-refractivity contribution in [2.24, 2.45) is 5.92 Å². The van der Waals surface area contributed by atoms with E-state index in [9.17, 15) is 4.79 Å². The zero-order chi connectivity index (χ0) is 14.0. The number of aryl methyl sites for hydroxylation is 1. The Bertz CT molecular complexity index is 468. The predicted molar refractivity (Wildman–Crippen MR) is 73.7 cm³/mol. The maximum Gasteiger partial charge on any atom is 0.306 e. The Balaban J connectivity index is 2.13. The minimum atomic E-state index is -0.696. The molecule has 0 aliphatic carbocycles. The minimum absolute atomic E-state index is 0.227. The van der Waals surface area contributed by atoms with Gasteiger partial charge in [-0.1, -0.05) is 0 Å². The molecule has 0 aromatic carbocycles. The summed E-state index contributed by atoms with van der Waals surface area (Å²) >= 11 is 0. The van der Waals surface area contributed by atoms with Crippen molar-refractivity contribution in [2.45, 2.75) is 19.8 Å². The average Bonchev–Trinajstić information content (AvgIpc) is 2.38. The highest BCUT2D eigenvalue weighted by Gasteiger charge is 2.26. The molecule has 0 spiro atoms. The molecule has 104 valence electrons. The number of anilines is 2. The first-order chi connectivity index (χ1) is 8.97. The number of carbonyl (C=O) groups is 1. The second-order valence-corrected chi connectivity index (χ2v) is 5.16. The maximum atomic E-state index is 10.9. The van der Waals surface area contributed by atoms with Crippen LogP contribution in [-0.4, -0.2) is 48.2 Å². The molecule has 0 unspecified atom stereocenters. The van der Waals surface area contributed by atoms with Gasteiger partial charge < -0.3 is 14.9 Å². The van der Waals surface area contributed by atoms with E-state index in [1.807, 2.05) is 32.0 Å². The third kappa shape index (κ3) is 3.13. The van der Waals surface area contributed by atoms with Crippen LogP contribution in [0.5, 0.6) is 0 Å². The van der Waals surface area contributed by atoms with Crippen molar-refractivity contribution < 1.29 is 9.90 Å². The Hall–Kier alpha value is -1.85. The van der Waals surface area contributed by atoms with Crippen molar-refractivity contribution in [3.63, 3.8) is 0 Å². The average molecular weight is 264 g/mol. The molecule has 0 amide bonds. The van der Waals surface area contributed by atoms with Gasteiger partial charge in [-0.15, -0.1) is 0 Å². The molecular formula is C13H20N4O2. The Morgan fingerprint density at radius 2 is 2.00 bits per heavy atom. The van der Waals surface area contributed by atoms with E-state index in [0.717, 1.165) is 11.5 Å². The minimum Gasteiger partial charge on any atom is -0.481 e. The maximum absolute atomic E-state index is 10.9. The molecule has 1 fully saturated rings. The van der Waals surface area contributed by atoms with Gasteiger partial charge in [-0.05, 0) is 19.8 Å². The third-order valence-electron chi connectivity index (χ3n) is 3.41. The van der Waals surface area contributed by atoms with Crippen LogP contribution >= 0.6 is 0 Å². The largest absolute Gasteiger partial charge is 0.481 e. The lowest BCUT2D eigenvalue weighted by molar-refractivity contribution is -0.142. The van der Waals surface area contributed by atoms with E-state index in [-0.39, 0.29) is 5.92 Å². The number of hydrogen-bond donors (Lipinski definition) is 1. The Morgan fingerprint density at radius 1 is 1.37 bits per heavy atom. The van der Waals surface area contributed by atoms with Crippen LogP contribution in [0.4, 0.5) is 11.8 Å². The molecule has 0 bridgehead atoms. The van der Waals surface area contributed by atoms with E-state index >= 15 is 0 Å². The lowest BCUT2D eigenvalue weighted by atomic mass is 9.97. The smallest absolute Gasteiger partial charge is 0.306 e. The Kier molecular flexibility index (Phi) is 3.87. The highest BCUT2D eigenvalue weighted by molar-refractivity contribution is 5.70. The summed E-state index contributed by atoms with van der Waals surface area (Å²) in [5.41, 5.74) is 0.925. The van der Waals surface area contributed by atoms with Crippen molar-refractivity contribution in [3.05, 3.63) is 11.8 Å². The number of hydrogen-bond acceptors (Lipinski definition) is 5. The number of piperidine rings is 1. The highest BCUT2D eigenvalue weighted by Crippen LogP contribution is 2.22. The van der Waals surface area contributed by atoms with Gasteiger partial charge in [0.1, 0.15) is 5.82 Å². The van der Waals surface area contributed by atoms with Crippen molar-refractivity contribution in [3.8, 4) is 0 Å². The van der Waals surface area contributed by atoms with Crippen molar-refractivity contribution in [2.75, 3.05) is 37.0 Å². The molecule has 1 aliphatic rings. The third-order valence-corrected chi connectivity index (χ3v) is 3.41. The van der Waals surface area contributed by atoms with Gasteiger partial charge in [-0.3, -0.25) is 4.79 Å². The normalized spacial score (nSPS) is 16.5. The van der Waals surface area contributed by atoms with E-state index in [0.29, 0.717) is 31.9 Å². The summed E-state index contributed by atoms with van der Waals surface area (Å²) in [6.45, 7) is 3.35. The van der Waals surface area contributed by atoms with E-state index in [1.165, 1.54) is 0 Å². The zero-order valence-corrected chi connectivity index (χ0v) is 11.6. The van der Waals surface area contributed by atoms with E-state index in [1.54, 1.807) is 0 Å². The molecule has 1 N–H and O–H groups in total. The van der Waals surface area contributed by atoms with Gasteiger partial charge in [0.05, 0.1) is 5.92 Å². The molecule has 1 aliphatic heterocycles. The summed E-state index contributed by atoms with van der Waals surface area (Å²) in [6.07, 6.45) is 1.31. The van der Waals surface area contributed by atoms with Gasteiger partial charge in [-0.2, -0.15) is 4.98 Å². The lowest BCUT2D eigenvalue weighted by Gasteiger charge is -2.30. The molecule has 0 atom stereocenters. The first kappa shape index (κ1) is 13.6. The molecule has 2 rings (SSSR count). The molecule has 0 saturated carbocycles. The highest BCUT2D eigenvalue weighted by atomic mass is 16.4. The lowest BCUT2D eigenvalue weighted by Crippen LogP contribution is -2.37. The second-order valence-electron chi connectivity index (χ2n) is 5.16. The summed E-state index contributed by atoms with van der Waals surface area (Å²) in [5, 5.41) is 9.00. The number of rotatable bonds is 3. The van der Waals surface area contributed by atoms with Crippen molar-refractivity contribution >= 4 is 17.7 Å². The standard InChI is InChI=1S/C13H20N4O2/c1-9-8-11(16(2)3)15-13(14-9)17-6-4-10(5-7-17)12(18)19/h8,10H,4-7H2,1-3H3,(H,18,19). The SMILES string of the molecule is Cc1cc(N(C)C)nc(N2CCC(C(=O)O)CC2)n1. The molecule has 2 heterocycles. The summed E-state index contributed by atoms with van der Waals surface area (Å²) in [4.78, 5) is 23.9. The van der Waals surface area contributed by atoms with Gasteiger partial charge in [0.25, 0.3) is 0 Å². The number of carboxylic acids is 1. The molecule has 1 saturated heterocycles. The van der Waals surface area contributed by atoms with Crippen LogP contribution in [0.1, 0.15) is 18.5 Å². The summed E-state index contributed by atoms with van der Waals surface area (Å²) in [6, 6.07) is 1.94. The van der Waals surface area contributed by atoms with Crippen LogP contribution in [0.25, 0.3) is 0 Å². The second kappa shape index (κ2) is 5.42. The van der Waals surface area contributed by atoms with Gasteiger partial charge >= 0.3 is 5.97 Å². The monoisotopic (exact) mass is 264 g/mol. The fourth-order valence-electron chi connectivity index (χ4n) is 2.23. The summed E-state index contributed by atoms with van der Waals surface area (Å²) < 4.78 is 0. The van der Waals surface area contributed by atoms with E-state index in [4.69, 9.17) is 5.11 Å². The molecular weight excluding hydrogens is 244 g/mol. The molecule has 1 aromatic rings. The fourth-order valence-corrected chi connectivity index (χ4v) is 2.23. The van der Waals surface area contributed by atoms with Gasteiger partial charge in [0, 0.05) is 38.9 Å². The molecule has 6 nitrogen and oxygen atoms in total. The molecule has 19 heavy (non-hydrogen) atoms. The van der Waals surface area contributed by atoms with Crippen LogP contribution in [0.15, 0.2) is 6.07 Å². The number of nitrogens with zero attached hydrogens (tertiary/aromatic N) is 4. The molecule has 6 heteroatoms. The Labute approximate surface area is 113 Å². The van der Waals surface area contributed by atoms with Crippen LogP contribution in [0, 0.1) is 12.8 Å². The summed E-state index contributed by atoms with van der Waals surface area (Å²) in [5.74, 6) is 0.656. The van der Waals surface area contributed by atoms with E-state index < -0.39 is 5.97 Å². The molecule has 1 aromatic heterocycles. The fraction of sp³-hybridized carbons (Fsp3) is 0.615. The van der Waals surface area contributed by atoms with Crippen LogP contribution < -0.4 is 9.80 Å². The first-order valence-electron chi connectivity index (χ1n) is 6.48. The van der Waals surface area contributed by atoms with Gasteiger partial charge in [0.15, 0.2) is 0 Å². The van der Waals surface area contributed by atoms with Crippen LogP contribution in [-0.2, 0) is 4.79 Å². The van der Waals surface area contributed by atoms with Crippen molar-refractivity contribution in [1.82, 2.24) is 9.97 Å². The first-order valence-corrected chi connectivity index (χ1v) is 6.48.